The molecule has 0 aromatic heterocycles. The molecule has 0 unspecified atom stereocenters. The lowest BCUT2D eigenvalue weighted by Gasteiger charge is -2.12. The van der Waals surface area contributed by atoms with Crippen molar-refractivity contribution < 1.29 is 14.8 Å². The monoisotopic (exact) mass is 464 g/mol. The Hall–Kier alpha value is -1.72. The lowest BCUT2D eigenvalue weighted by Crippen LogP contribution is -2.39. The number of nitro groups is 1. The minimum absolute atomic E-state index is 0. The fraction of sp³-hybridized carbons (Fsp3) is 0.438. The molecule has 25 heavy (non-hydrogen) atoms. The molecule has 1 aromatic rings. The van der Waals surface area contributed by atoms with Crippen molar-refractivity contribution >= 4 is 35.6 Å². The van der Waals surface area contributed by atoms with Crippen LogP contribution in [-0.4, -0.2) is 48.9 Å². The molecule has 0 aliphatic heterocycles. The number of hydrogen-bond acceptors (Lipinski definition) is 5. The summed E-state index contributed by atoms with van der Waals surface area (Å²) < 4.78 is 5.18. The van der Waals surface area contributed by atoms with E-state index in [1.54, 1.807) is 12.1 Å². The molecule has 0 saturated heterocycles. The van der Waals surface area contributed by atoms with Gasteiger partial charge in [-0.25, -0.2) is 4.99 Å². The molecule has 1 aromatic carbocycles. The third-order valence-corrected chi connectivity index (χ3v) is 2.90. The van der Waals surface area contributed by atoms with E-state index in [1.807, 2.05) is 6.92 Å². The minimum atomic E-state index is -0.430. The predicted octanol–water partition coefficient (Wildman–Crippen LogP) is 1.83. The van der Waals surface area contributed by atoms with E-state index in [4.69, 9.17) is 9.84 Å². The van der Waals surface area contributed by atoms with Crippen molar-refractivity contribution in [1.29, 1.82) is 0 Å². The summed E-state index contributed by atoms with van der Waals surface area (Å²) in [4.78, 5) is 14.6. The highest BCUT2D eigenvalue weighted by Gasteiger charge is 2.04. The molecule has 0 heterocycles. The van der Waals surface area contributed by atoms with Crippen molar-refractivity contribution in [2.45, 2.75) is 13.5 Å². The van der Waals surface area contributed by atoms with Crippen LogP contribution in [0.15, 0.2) is 41.4 Å². The zero-order valence-corrected chi connectivity index (χ0v) is 16.6. The van der Waals surface area contributed by atoms with Gasteiger partial charge in [-0.05, 0) is 12.5 Å². The van der Waals surface area contributed by atoms with Crippen molar-refractivity contribution in [2.24, 2.45) is 4.99 Å². The normalized spacial score (nSPS) is 10.7. The number of nitro benzene ring substituents is 1. The number of aliphatic hydroxyl groups is 1. The first-order valence-corrected chi connectivity index (χ1v) is 7.61. The molecule has 0 fully saturated rings. The van der Waals surface area contributed by atoms with E-state index < -0.39 is 4.92 Å². The summed E-state index contributed by atoms with van der Waals surface area (Å²) in [6.45, 7) is 8.01. The fourth-order valence-corrected chi connectivity index (χ4v) is 1.71. The molecule has 0 bridgehead atoms. The van der Waals surface area contributed by atoms with E-state index in [0.29, 0.717) is 38.8 Å². The van der Waals surface area contributed by atoms with Crippen LogP contribution in [0.5, 0.6) is 0 Å². The number of non-ortho nitro benzene ring substituents is 1. The average Bonchev–Trinajstić information content (AvgIpc) is 2.56. The topological polar surface area (TPSA) is 109 Å². The summed E-state index contributed by atoms with van der Waals surface area (Å²) in [5.41, 5.74) is 1.90. The van der Waals surface area contributed by atoms with Crippen LogP contribution in [0.2, 0.25) is 0 Å². The lowest BCUT2D eigenvalue weighted by atomic mass is 10.2. The second kappa shape index (κ2) is 13.6. The number of nitrogens with zero attached hydrogens (tertiary/aromatic N) is 2. The number of halogens is 1. The number of aliphatic hydroxyl groups excluding tert-OH is 1. The molecule has 140 valence electrons. The van der Waals surface area contributed by atoms with Gasteiger partial charge in [0, 0.05) is 25.2 Å². The van der Waals surface area contributed by atoms with Crippen LogP contribution in [0.3, 0.4) is 0 Å². The van der Waals surface area contributed by atoms with Gasteiger partial charge in [0.2, 0.25) is 0 Å². The predicted molar refractivity (Wildman–Crippen MR) is 108 cm³/mol. The van der Waals surface area contributed by atoms with Gasteiger partial charge in [-0.15, -0.1) is 24.0 Å². The second-order valence-corrected chi connectivity index (χ2v) is 5.16. The third kappa shape index (κ3) is 10.7. The maximum absolute atomic E-state index is 10.6. The summed E-state index contributed by atoms with van der Waals surface area (Å²) in [6.07, 6.45) is 0. The van der Waals surface area contributed by atoms with E-state index in [1.165, 1.54) is 12.1 Å². The summed E-state index contributed by atoms with van der Waals surface area (Å²) in [6, 6.07) is 6.29. The van der Waals surface area contributed by atoms with Crippen molar-refractivity contribution in [3.8, 4) is 0 Å². The van der Waals surface area contributed by atoms with Crippen LogP contribution in [0, 0.1) is 10.1 Å². The Morgan fingerprint density at radius 1 is 1.32 bits per heavy atom. The number of hydrogen-bond donors (Lipinski definition) is 3. The van der Waals surface area contributed by atoms with E-state index in [0.717, 1.165) is 11.1 Å². The third-order valence-electron chi connectivity index (χ3n) is 2.90. The maximum Gasteiger partial charge on any atom is 0.269 e. The molecule has 0 aliphatic carbocycles. The van der Waals surface area contributed by atoms with Crippen LogP contribution in [0.1, 0.15) is 12.5 Å². The molecule has 0 aliphatic rings. The zero-order chi connectivity index (χ0) is 17.8. The number of ether oxygens (including phenoxy) is 1. The van der Waals surface area contributed by atoms with Crippen LogP contribution in [-0.2, 0) is 11.3 Å². The number of rotatable bonds is 10. The van der Waals surface area contributed by atoms with Crippen LogP contribution in [0.25, 0.3) is 0 Å². The number of benzene rings is 1. The van der Waals surface area contributed by atoms with Crippen LogP contribution < -0.4 is 10.6 Å². The van der Waals surface area contributed by atoms with E-state index in [9.17, 15) is 10.1 Å². The second-order valence-electron chi connectivity index (χ2n) is 5.16. The molecule has 0 amide bonds. The number of aliphatic imine (C=N–C) groups is 1. The Labute approximate surface area is 164 Å². The van der Waals surface area contributed by atoms with Crippen molar-refractivity contribution in [2.75, 3.05) is 32.9 Å². The fourth-order valence-electron chi connectivity index (χ4n) is 1.71. The standard InChI is InChI=1S/C16H24N4O4.HI/c1-13(2)11-18-16(17-7-9-24-10-8-21)19-12-14-3-5-15(6-4-14)20(22)23;/h3-6,21H,1,7-12H2,2H3,(H2,17,18,19);1H. The summed E-state index contributed by atoms with van der Waals surface area (Å²) in [5.74, 6) is 0.601. The zero-order valence-electron chi connectivity index (χ0n) is 14.2. The van der Waals surface area contributed by atoms with Crippen molar-refractivity contribution in [3.05, 3.63) is 52.1 Å². The SMILES string of the molecule is C=C(C)CNC(=NCc1ccc([N+](=O)[O-])cc1)NCCOCCO.I. The summed E-state index contributed by atoms with van der Waals surface area (Å²) in [7, 11) is 0. The molecule has 0 radical (unpaired) electrons. The molecule has 0 saturated carbocycles. The highest BCUT2D eigenvalue weighted by Crippen LogP contribution is 2.12. The quantitative estimate of drug-likeness (QED) is 0.0928. The van der Waals surface area contributed by atoms with Gasteiger partial charge < -0.3 is 20.5 Å². The van der Waals surface area contributed by atoms with Crippen molar-refractivity contribution in [1.82, 2.24) is 10.6 Å². The van der Waals surface area contributed by atoms with Crippen LogP contribution >= 0.6 is 24.0 Å². The van der Waals surface area contributed by atoms with Crippen molar-refractivity contribution in [3.63, 3.8) is 0 Å². The smallest absolute Gasteiger partial charge is 0.269 e. The minimum Gasteiger partial charge on any atom is -0.394 e. The first-order chi connectivity index (χ1) is 11.5. The largest absolute Gasteiger partial charge is 0.394 e. The molecule has 0 spiro atoms. The Bertz CT molecular complexity index is 564. The molecule has 0 atom stereocenters. The molecule has 9 heteroatoms. The van der Waals surface area contributed by atoms with Gasteiger partial charge in [0.25, 0.3) is 5.69 Å². The van der Waals surface area contributed by atoms with Gasteiger partial charge in [0.1, 0.15) is 0 Å². The van der Waals surface area contributed by atoms with Gasteiger partial charge in [-0.1, -0.05) is 24.3 Å². The lowest BCUT2D eigenvalue weighted by molar-refractivity contribution is -0.384. The Kier molecular flexibility index (Phi) is 12.6. The maximum atomic E-state index is 10.6. The van der Waals surface area contributed by atoms with E-state index in [2.05, 4.69) is 22.2 Å². The highest BCUT2D eigenvalue weighted by molar-refractivity contribution is 14.0. The van der Waals surface area contributed by atoms with Gasteiger partial charge >= 0.3 is 0 Å². The van der Waals surface area contributed by atoms with Gasteiger partial charge in [0.05, 0.1) is 31.3 Å². The van der Waals surface area contributed by atoms with Crippen LogP contribution in [0.4, 0.5) is 5.69 Å². The number of nitrogens with one attached hydrogen (secondary N) is 2. The molecular weight excluding hydrogens is 439 g/mol. The Morgan fingerprint density at radius 3 is 2.56 bits per heavy atom. The molecule has 8 nitrogen and oxygen atoms in total. The summed E-state index contributed by atoms with van der Waals surface area (Å²) >= 11 is 0. The van der Waals surface area contributed by atoms with Gasteiger partial charge in [0.15, 0.2) is 5.96 Å². The average molecular weight is 464 g/mol. The van der Waals surface area contributed by atoms with E-state index in [-0.39, 0.29) is 36.3 Å². The van der Waals surface area contributed by atoms with Gasteiger partial charge in [-0.3, -0.25) is 10.1 Å². The Morgan fingerprint density at radius 2 is 2.00 bits per heavy atom. The summed E-state index contributed by atoms with van der Waals surface area (Å²) in [5, 5.41) is 25.5. The number of guanidine groups is 1. The van der Waals surface area contributed by atoms with E-state index >= 15 is 0 Å². The van der Waals surface area contributed by atoms with Gasteiger partial charge in [-0.2, -0.15) is 0 Å². The highest BCUT2D eigenvalue weighted by atomic mass is 127. The molecule has 3 N–H and O–H groups in total. The molecular formula is C16H25IN4O4. The first kappa shape index (κ1) is 23.3. The Balaban J connectivity index is 0.00000576. The first-order valence-electron chi connectivity index (χ1n) is 7.61. The molecule has 1 rings (SSSR count).